The summed E-state index contributed by atoms with van der Waals surface area (Å²) in [6, 6.07) is 14.8. The van der Waals surface area contributed by atoms with Crippen molar-refractivity contribution in [1.82, 2.24) is 5.32 Å². The van der Waals surface area contributed by atoms with E-state index in [1.165, 1.54) is 16.7 Å². The van der Waals surface area contributed by atoms with Crippen LogP contribution in [-0.4, -0.2) is 7.05 Å². The molecule has 1 heterocycles. The number of halogens is 1. The zero-order valence-electron chi connectivity index (χ0n) is 12.4. The molecular weight excluding hydrogens is 326 g/mol. The van der Waals surface area contributed by atoms with Crippen molar-refractivity contribution in [2.24, 2.45) is 0 Å². The molecule has 0 aliphatic rings. The van der Waals surface area contributed by atoms with Gasteiger partial charge >= 0.3 is 0 Å². The monoisotopic (exact) mass is 343 g/mol. The van der Waals surface area contributed by atoms with Crippen LogP contribution in [0.25, 0.3) is 11.0 Å². The molecular formula is C18H18BrNO. The summed E-state index contributed by atoms with van der Waals surface area (Å²) < 4.78 is 7.08. The van der Waals surface area contributed by atoms with E-state index in [4.69, 9.17) is 4.42 Å². The van der Waals surface area contributed by atoms with Gasteiger partial charge in [-0.2, -0.15) is 0 Å². The first-order valence-electron chi connectivity index (χ1n) is 7.02. The fraction of sp³-hybridized carbons (Fsp3) is 0.222. The van der Waals surface area contributed by atoms with E-state index in [1.54, 1.807) is 0 Å². The van der Waals surface area contributed by atoms with Crippen LogP contribution in [0.2, 0.25) is 0 Å². The Morgan fingerprint density at radius 2 is 1.90 bits per heavy atom. The number of nitrogens with one attached hydrogen (secondary N) is 1. The highest BCUT2D eigenvalue weighted by molar-refractivity contribution is 9.10. The van der Waals surface area contributed by atoms with Crippen molar-refractivity contribution in [3.8, 4) is 0 Å². The molecule has 0 aliphatic carbocycles. The highest BCUT2D eigenvalue weighted by atomic mass is 79.9. The summed E-state index contributed by atoms with van der Waals surface area (Å²) in [5.41, 5.74) is 4.68. The summed E-state index contributed by atoms with van der Waals surface area (Å²) in [6.45, 7) is 4.25. The van der Waals surface area contributed by atoms with E-state index in [0.717, 1.165) is 21.2 Å². The molecule has 3 rings (SSSR count). The Balaban J connectivity index is 2.13. The molecule has 0 saturated carbocycles. The molecule has 3 heteroatoms. The zero-order valence-corrected chi connectivity index (χ0v) is 14.0. The zero-order chi connectivity index (χ0) is 15.0. The summed E-state index contributed by atoms with van der Waals surface area (Å²) in [6.07, 6.45) is 0. The Morgan fingerprint density at radius 1 is 1.10 bits per heavy atom. The van der Waals surface area contributed by atoms with Crippen molar-refractivity contribution in [2.75, 3.05) is 7.05 Å². The molecule has 0 bridgehead atoms. The lowest BCUT2D eigenvalue weighted by Crippen LogP contribution is -2.18. The fourth-order valence-corrected chi connectivity index (χ4v) is 3.17. The van der Waals surface area contributed by atoms with E-state index >= 15 is 0 Å². The number of furan rings is 1. The second-order valence-corrected chi connectivity index (χ2v) is 6.24. The van der Waals surface area contributed by atoms with Crippen LogP contribution in [0.15, 0.2) is 51.4 Å². The SMILES string of the molecule is CNC(c1cc2cccc(Br)c2o1)c1cc(C)ccc1C. The minimum absolute atomic E-state index is 0.0594. The van der Waals surface area contributed by atoms with Gasteiger partial charge in [-0.1, -0.05) is 35.9 Å². The average Bonchev–Trinajstić information content (AvgIpc) is 2.89. The maximum Gasteiger partial charge on any atom is 0.148 e. The Kier molecular flexibility index (Phi) is 3.87. The van der Waals surface area contributed by atoms with Gasteiger partial charge in [0.25, 0.3) is 0 Å². The number of hydrogen-bond donors (Lipinski definition) is 1. The van der Waals surface area contributed by atoms with Gasteiger partial charge in [0.05, 0.1) is 10.5 Å². The first-order chi connectivity index (χ1) is 10.1. The predicted octanol–water partition coefficient (Wildman–Crippen LogP) is 5.12. The topological polar surface area (TPSA) is 25.2 Å². The van der Waals surface area contributed by atoms with Gasteiger partial charge < -0.3 is 9.73 Å². The molecule has 1 aromatic heterocycles. The lowest BCUT2D eigenvalue weighted by Gasteiger charge is -2.17. The van der Waals surface area contributed by atoms with E-state index in [0.29, 0.717) is 0 Å². The van der Waals surface area contributed by atoms with Crippen LogP contribution >= 0.6 is 15.9 Å². The maximum absolute atomic E-state index is 6.09. The Bertz CT molecular complexity index is 791. The van der Waals surface area contributed by atoms with E-state index in [1.807, 2.05) is 19.2 Å². The lowest BCUT2D eigenvalue weighted by atomic mass is 9.97. The van der Waals surface area contributed by atoms with Crippen LogP contribution in [-0.2, 0) is 0 Å². The quantitative estimate of drug-likeness (QED) is 0.713. The molecule has 0 aliphatic heterocycles. The summed E-state index contributed by atoms with van der Waals surface area (Å²) in [5.74, 6) is 0.938. The minimum atomic E-state index is 0.0594. The first-order valence-corrected chi connectivity index (χ1v) is 7.82. The predicted molar refractivity (Wildman–Crippen MR) is 90.7 cm³/mol. The van der Waals surface area contributed by atoms with E-state index in [-0.39, 0.29) is 6.04 Å². The molecule has 21 heavy (non-hydrogen) atoms. The molecule has 0 saturated heterocycles. The van der Waals surface area contributed by atoms with Gasteiger partial charge in [0.15, 0.2) is 0 Å². The van der Waals surface area contributed by atoms with Gasteiger partial charge in [-0.3, -0.25) is 0 Å². The molecule has 3 aromatic rings. The lowest BCUT2D eigenvalue weighted by molar-refractivity contribution is 0.489. The number of para-hydroxylation sites is 1. The summed E-state index contributed by atoms with van der Waals surface area (Å²) in [4.78, 5) is 0. The summed E-state index contributed by atoms with van der Waals surface area (Å²) in [7, 11) is 1.97. The van der Waals surface area contributed by atoms with Crippen LogP contribution in [0, 0.1) is 13.8 Å². The van der Waals surface area contributed by atoms with Gasteiger partial charge in [0.2, 0.25) is 0 Å². The molecule has 2 aromatic carbocycles. The van der Waals surface area contributed by atoms with Gasteiger partial charge in [-0.15, -0.1) is 0 Å². The Hall–Kier alpha value is -1.58. The highest BCUT2D eigenvalue weighted by Gasteiger charge is 2.19. The number of hydrogen-bond acceptors (Lipinski definition) is 2. The fourth-order valence-electron chi connectivity index (χ4n) is 2.71. The Labute approximate surface area is 133 Å². The van der Waals surface area contributed by atoms with Gasteiger partial charge in [-0.05, 0) is 60.1 Å². The second kappa shape index (κ2) is 5.66. The normalized spacial score (nSPS) is 12.8. The molecule has 108 valence electrons. The molecule has 0 spiro atoms. The van der Waals surface area contributed by atoms with Crippen LogP contribution < -0.4 is 5.32 Å². The molecule has 1 N–H and O–H groups in total. The third kappa shape index (κ3) is 2.63. The minimum Gasteiger partial charge on any atom is -0.458 e. The number of rotatable bonds is 3. The number of benzene rings is 2. The van der Waals surface area contributed by atoms with E-state index < -0.39 is 0 Å². The van der Waals surface area contributed by atoms with Crippen molar-refractivity contribution >= 4 is 26.9 Å². The van der Waals surface area contributed by atoms with Crippen molar-refractivity contribution in [2.45, 2.75) is 19.9 Å². The van der Waals surface area contributed by atoms with Crippen molar-refractivity contribution < 1.29 is 4.42 Å². The van der Waals surface area contributed by atoms with Gasteiger partial charge in [0.1, 0.15) is 11.3 Å². The van der Waals surface area contributed by atoms with Gasteiger partial charge in [-0.25, -0.2) is 0 Å². The second-order valence-electron chi connectivity index (χ2n) is 5.39. The third-order valence-electron chi connectivity index (χ3n) is 3.83. The number of aryl methyl sites for hydroxylation is 2. The molecule has 0 fully saturated rings. The van der Waals surface area contributed by atoms with Gasteiger partial charge in [0, 0.05) is 5.39 Å². The molecule has 0 amide bonds. The smallest absolute Gasteiger partial charge is 0.148 e. The number of fused-ring (bicyclic) bond motifs is 1. The van der Waals surface area contributed by atoms with Crippen LogP contribution in [0.3, 0.4) is 0 Å². The van der Waals surface area contributed by atoms with Crippen molar-refractivity contribution in [3.05, 3.63) is 69.4 Å². The van der Waals surface area contributed by atoms with Crippen molar-refractivity contribution in [3.63, 3.8) is 0 Å². The molecule has 1 atom stereocenters. The van der Waals surface area contributed by atoms with Crippen LogP contribution in [0.1, 0.15) is 28.5 Å². The summed E-state index contributed by atoms with van der Waals surface area (Å²) >= 11 is 3.55. The standard InChI is InChI=1S/C18H18BrNO/c1-11-7-8-12(2)14(9-11)17(20-3)16-10-13-5-4-6-15(19)18(13)21-16/h4-10,17,20H,1-3H3. The van der Waals surface area contributed by atoms with Crippen LogP contribution in [0.4, 0.5) is 0 Å². The Morgan fingerprint density at radius 3 is 2.62 bits per heavy atom. The maximum atomic E-state index is 6.09. The van der Waals surface area contributed by atoms with Crippen molar-refractivity contribution in [1.29, 1.82) is 0 Å². The molecule has 1 unspecified atom stereocenters. The largest absolute Gasteiger partial charge is 0.458 e. The van der Waals surface area contributed by atoms with E-state index in [9.17, 15) is 0 Å². The first kappa shape index (κ1) is 14.4. The van der Waals surface area contributed by atoms with E-state index in [2.05, 4.69) is 65.4 Å². The summed E-state index contributed by atoms with van der Waals surface area (Å²) in [5, 5.41) is 4.49. The highest BCUT2D eigenvalue weighted by Crippen LogP contribution is 2.33. The third-order valence-corrected chi connectivity index (χ3v) is 4.46. The average molecular weight is 344 g/mol. The molecule has 2 nitrogen and oxygen atoms in total. The van der Waals surface area contributed by atoms with Crippen LogP contribution in [0.5, 0.6) is 0 Å². The molecule has 0 radical (unpaired) electrons.